The molecular weight excluding hydrogens is 363 g/mol. The SMILES string of the molecule is Cc1nc(Nc2ccccc2C(F)(F)F)cc(C(=O)Nc2cc(C)on2)n1. The van der Waals surface area contributed by atoms with E-state index in [0.717, 1.165) is 6.07 Å². The van der Waals surface area contributed by atoms with Gasteiger partial charge < -0.3 is 15.2 Å². The average molecular weight is 377 g/mol. The summed E-state index contributed by atoms with van der Waals surface area (Å²) in [4.78, 5) is 20.4. The topological polar surface area (TPSA) is 92.9 Å². The number of aryl methyl sites for hydroxylation is 2. The van der Waals surface area contributed by atoms with Crippen molar-refractivity contribution in [3.05, 3.63) is 59.2 Å². The Labute approximate surface area is 151 Å². The Kier molecular flexibility index (Phi) is 4.80. The van der Waals surface area contributed by atoms with E-state index in [0.29, 0.717) is 5.76 Å². The van der Waals surface area contributed by atoms with Crippen LogP contribution < -0.4 is 10.6 Å². The number of para-hydroxylation sites is 1. The minimum Gasteiger partial charge on any atom is -0.360 e. The summed E-state index contributed by atoms with van der Waals surface area (Å²) in [5.41, 5.74) is -1.05. The second kappa shape index (κ2) is 7.06. The van der Waals surface area contributed by atoms with Crippen LogP contribution >= 0.6 is 0 Å². The maximum atomic E-state index is 13.1. The zero-order chi connectivity index (χ0) is 19.6. The van der Waals surface area contributed by atoms with Gasteiger partial charge in [-0.1, -0.05) is 17.3 Å². The van der Waals surface area contributed by atoms with Gasteiger partial charge in [-0.3, -0.25) is 4.79 Å². The summed E-state index contributed by atoms with van der Waals surface area (Å²) in [7, 11) is 0. The van der Waals surface area contributed by atoms with Crippen molar-refractivity contribution in [1.29, 1.82) is 0 Å². The highest BCUT2D eigenvalue weighted by atomic mass is 19.4. The minimum atomic E-state index is -4.53. The summed E-state index contributed by atoms with van der Waals surface area (Å²) in [6, 6.07) is 7.76. The Hall–Kier alpha value is -3.43. The van der Waals surface area contributed by atoms with Crippen LogP contribution in [0, 0.1) is 13.8 Å². The number of carbonyl (C=O) groups excluding carboxylic acids is 1. The third-order valence-corrected chi connectivity index (χ3v) is 3.44. The summed E-state index contributed by atoms with van der Waals surface area (Å²) in [6.07, 6.45) is -4.53. The summed E-state index contributed by atoms with van der Waals surface area (Å²) in [6.45, 7) is 3.19. The van der Waals surface area contributed by atoms with E-state index in [2.05, 4.69) is 25.8 Å². The van der Waals surface area contributed by atoms with Gasteiger partial charge in [-0.2, -0.15) is 13.2 Å². The molecule has 27 heavy (non-hydrogen) atoms. The van der Waals surface area contributed by atoms with Gasteiger partial charge in [0.05, 0.1) is 11.3 Å². The van der Waals surface area contributed by atoms with Crippen molar-refractivity contribution >= 4 is 23.2 Å². The van der Waals surface area contributed by atoms with Gasteiger partial charge in [0.2, 0.25) is 0 Å². The van der Waals surface area contributed by atoms with Gasteiger partial charge in [0.15, 0.2) is 5.82 Å². The number of nitrogens with one attached hydrogen (secondary N) is 2. The van der Waals surface area contributed by atoms with E-state index < -0.39 is 17.6 Å². The van der Waals surface area contributed by atoms with Crippen molar-refractivity contribution in [3.8, 4) is 0 Å². The molecule has 0 unspecified atom stereocenters. The first-order valence-electron chi connectivity index (χ1n) is 7.76. The predicted octanol–water partition coefficient (Wildman–Crippen LogP) is 4.10. The lowest BCUT2D eigenvalue weighted by Gasteiger charge is -2.14. The van der Waals surface area contributed by atoms with Crippen LogP contribution in [-0.2, 0) is 6.18 Å². The van der Waals surface area contributed by atoms with Crippen molar-refractivity contribution in [2.75, 3.05) is 10.6 Å². The van der Waals surface area contributed by atoms with Crippen molar-refractivity contribution in [2.45, 2.75) is 20.0 Å². The largest absolute Gasteiger partial charge is 0.418 e. The van der Waals surface area contributed by atoms with Crippen molar-refractivity contribution in [2.24, 2.45) is 0 Å². The quantitative estimate of drug-likeness (QED) is 0.711. The minimum absolute atomic E-state index is 0.0323. The lowest BCUT2D eigenvalue weighted by atomic mass is 10.1. The molecule has 3 rings (SSSR count). The van der Waals surface area contributed by atoms with E-state index in [-0.39, 0.29) is 28.8 Å². The van der Waals surface area contributed by atoms with Crippen molar-refractivity contribution in [3.63, 3.8) is 0 Å². The highest BCUT2D eigenvalue weighted by molar-refractivity contribution is 6.02. The van der Waals surface area contributed by atoms with Gasteiger partial charge in [-0.25, -0.2) is 9.97 Å². The summed E-state index contributed by atoms with van der Waals surface area (Å²) in [5, 5.41) is 8.73. The van der Waals surface area contributed by atoms with Crippen molar-refractivity contribution < 1.29 is 22.5 Å². The van der Waals surface area contributed by atoms with Gasteiger partial charge in [0, 0.05) is 12.1 Å². The Morgan fingerprint density at radius 2 is 1.81 bits per heavy atom. The van der Waals surface area contributed by atoms with Crippen LogP contribution in [-0.4, -0.2) is 21.0 Å². The normalized spacial score (nSPS) is 11.3. The number of alkyl halides is 3. The first-order valence-corrected chi connectivity index (χ1v) is 7.76. The molecule has 2 aromatic heterocycles. The maximum absolute atomic E-state index is 13.1. The van der Waals surface area contributed by atoms with Gasteiger partial charge in [-0.15, -0.1) is 0 Å². The van der Waals surface area contributed by atoms with Crippen LogP contribution in [0.2, 0.25) is 0 Å². The molecule has 140 valence electrons. The number of aromatic nitrogens is 3. The fraction of sp³-hybridized carbons (Fsp3) is 0.176. The molecule has 0 atom stereocenters. The average Bonchev–Trinajstić information content (AvgIpc) is 2.98. The van der Waals surface area contributed by atoms with E-state index in [1.54, 1.807) is 6.92 Å². The molecule has 10 heteroatoms. The highest BCUT2D eigenvalue weighted by Gasteiger charge is 2.33. The molecule has 0 spiro atoms. The molecule has 1 aromatic carbocycles. The molecule has 0 fully saturated rings. The van der Waals surface area contributed by atoms with Crippen LogP contribution in [0.3, 0.4) is 0 Å². The zero-order valence-corrected chi connectivity index (χ0v) is 14.3. The molecular formula is C17H14F3N5O2. The van der Waals surface area contributed by atoms with Gasteiger partial charge in [-0.05, 0) is 26.0 Å². The molecule has 0 radical (unpaired) electrons. The van der Waals surface area contributed by atoms with Crippen LogP contribution in [0.5, 0.6) is 0 Å². The molecule has 2 N–H and O–H groups in total. The van der Waals surface area contributed by atoms with E-state index in [9.17, 15) is 18.0 Å². The first-order chi connectivity index (χ1) is 12.7. The molecule has 0 saturated carbocycles. The monoisotopic (exact) mass is 377 g/mol. The Morgan fingerprint density at radius 1 is 1.07 bits per heavy atom. The third kappa shape index (κ3) is 4.40. The molecule has 1 amide bonds. The van der Waals surface area contributed by atoms with Crippen LogP contribution in [0.4, 0.5) is 30.5 Å². The van der Waals surface area contributed by atoms with Gasteiger partial charge in [0.1, 0.15) is 23.1 Å². The fourth-order valence-corrected chi connectivity index (χ4v) is 2.33. The molecule has 3 aromatic rings. The first kappa shape index (κ1) is 18.4. The maximum Gasteiger partial charge on any atom is 0.418 e. The lowest BCUT2D eigenvalue weighted by Crippen LogP contribution is -2.16. The van der Waals surface area contributed by atoms with Crippen LogP contribution in [0.15, 0.2) is 40.9 Å². The van der Waals surface area contributed by atoms with Gasteiger partial charge >= 0.3 is 6.18 Å². The standard InChI is InChI=1S/C17H14F3N5O2/c1-9-7-15(25-27-9)24-16(26)13-8-14(22-10(2)21-13)23-12-6-4-3-5-11(12)17(18,19)20/h3-8H,1-2H3,(H,21,22,23)(H,24,25,26). The summed E-state index contributed by atoms with van der Waals surface area (Å²) >= 11 is 0. The van der Waals surface area contributed by atoms with E-state index >= 15 is 0 Å². The third-order valence-electron chi connectivity index (χ3n) is 3.44. The van der Waals surface area contributed by atoms with Crippen LogP contribution in [0.1, 0.15) is 27.6 Å². The van der Waals surface area contributed by atoms with E-state index in [4.69, 9.17) is 4.52 Å². The molecule has 0 aliphatic heterocycles. The highest BCUT2D eigenvalue weighted by Crippen LogP contribution is 2.35. The number of hydrogen-bond donors (Lipinski definition) is 2. The Bertz CT molecular complexity index is 985. The zero-order valence-electron chi connectivity index (χ0n) is 14.3. The number of carbonyl (C=O) groups is 1. The summed E-state index contributed by atoms with van der Waals surface area (Å²) < 4.78 is 44.2. The number of anilines is 3. The Balaban J connectivity index is 1.87. The lowest BCUT2D eigenvalue weighted by molar-refractivity contribution is -0.136. The van der Waals surface area contributed by atoms with Gasteiger partial charge in [0.25, 0.3) is 5.91 Å². The molecule has 0 saturated heterocycles. The predicted molar refractivity (Wildman–Crippen MR) is 90.7 cm³/mol. The second-order valence-corrected chi connectivity index (χ2v) is 5.63. The molecule has 2 heterocycles. The molecule has 0 bridgehead atoms. The van der Waals surface area contributed by atoms with Crippen molar-refractivity contribution in [1.82, 2.24) is 15.1 Å². The number of nitrogens with zero attached hydrogens (tertiary/aromatic N) is 3. The second-order valence-electron chi connectivity index (χ2n) is 5.63. The van der Waals surface area contributed by atoms with E-state index in [1.807, 2.05) is 0 Å². The Morgan fingerprint density at radius 3 is 2.48 bits per heavy atom. The van der Waals surface area contributed by atoms with E-state index in [1.165, 1.54) is 37.3 Å². The molecule has 7 nitrogen and oxygen atoms in total. The fourth-order valence-electron chi connectivity index (χ4n) is 2.33. The number of halogens is 3. The molecule has 0 aliphatic rings. The van der Waals surface area contributed by atoms with Crippen LogP contribution in [0.25, 0.3) is 0 Å². The smallest absolute Gasteiger partial charge is 0.360 e. The summed E-state index contributed by atoms with van der Waals surface area (Å²) in [5.74, 6) is 0.383. The number of benzene rings is 1. The number of rotatable bonds is 4. The number of hydrogen-bond acceptors (Lipinski definition) is 6. The number of amides is 1. The molecule has 0 aliphatic carbocycles.